The van der Waals surface area contributed by atoms with Crippen LogP contribution in [0.2, 0.25) is 0 Å². The van der Waals surface area contributed by atoms with E-state index in [0.29, 0.717) is 11.3 Å². The van der Waals surface area contributed by atoms with Crippen molar-refractivity contribution in [2.24, 2.45) is 0 Å². The third-order valence-corrected chi connectivity index (χ3v) is 3.74. The predicted octanol–water partition coefficient (Wildman–Crippen LogP) is 4.74. The number of furan rings is 2. The summed E-state index contributed by atoms with van der Waals surface area (Å²) in [6.07, 6.45) is 1.51. The summed E-state index contributed by atoms with van der Waals surface area (Å²) >= 11 is 0. The van der Waals surface area contributed by atoms with Gasteiger partial charge in [-0.1, -0.05) is 18.2 Å². The maximum Gasteiger partial charge on any atom is 0.259 e. The molecule has 0 atom stereocenters. The highest BCUT2D eigenvalue weighted by atomic mass is 16.3. The first-order chi connectivity index (χ1) is 10.7. The number of anilines is 1. The smallest absolute Gasteiger partial charge is 0.259 e. The van der Waals surface area contributed by atoms with Crippen LogP contribution in [0.4, 0.5) is 5.69 Å². The van der Waals surface area contributed by atoms with Crippen LogP contribution in [-0.4, -0.2) is 5.91 Å². The number of para-hydroxylation sites is 1. The lowest BCUT2D eigenvalue weighted by atomic mass is 10.1. The molecule has 22 heavy (non-hydrogen) atoms. The molecule has 0 saturated carbocycles. The fraction of sp³-hybridized carbons (Fsp3) is 0.0556. The topological polar surface area (TPSA) is 55.4 Å². The van der Waals surface area contributed by atoms with E-state index in [1.807, 2.05) is 42.5 Å². The number of nitrogens with one attached hydrogen (secondary N) is 1. The van der Waals surface area contributed by atoms with Crippen molar-refractivity contribution in [1.82, 2.24) is 0 Å². The van der Waals surface area contributed by atoms with Gasteiger partial charge in [0.05, 0.1) is 11.8 Å². The largest absolute Gasteiger partial charge is 0.469 e. The van der Waals surface area contributed by atoms with Crippen molar-refractivity contribution in [3.63, 3.8) is 0 Å². The molecule has 2 heterocycles. The van der Waals surface area contributed by atoms with E-state index in [2.05, 4.69) is 5.32 Å². The van der Waals surface area contributed by atoms with E-state index in [-0.39, 0.29) is 5.91 Å². The van der Waals surface area contributed by atoms with Gasteiger partial charge in [0.1, 0.15) is 16.9 Å². The summed E-state index contributed by atoms with van der Waals surface area (Å²) in [6, 6.07) is 15.1. The minimum atomic E-state index is -0.182. The van der Waals surface area contributed by atoms with Crippen LogP contribution < -0.4 is 5.32 Å². The fourth-order valence-electron chi connectivity index (χ4n) is 2.62. The minimum absolute atomic E-state index is 0.182. The zero-order valence-corrected chi connectivity index (χ0v) is 11.9. The van der Waals surface area contributed by atoms with Crippen LogP contribution in [0.25, 0.3) is 21.9 Å². The van der Waals surface area contributed by atoms with Crippen LogP contribution in [0.5, 0.6) is 0 Å². The maximum atomic E-state index is 12.2. The number of fused-ring (bicyclic) bond motifs is 3. The number of hydrogen-bond donors (Lipinski definition) is 1. The summed E-state index contributed by atoms with van der Waals surface area (Å²) in [6.45, 7) is 1.77. The number of aryl methyl sites for hydroxylation is 1. The van der Waals surface area contributed by atoms with Crippen molar-refractivity contribution in [3.8, 4) is 0 Å². The zero-order chi connectivity index (χ0) is 15.1. The summed E-state index contributed by atoms with van der Waals surface area (Å²) in [5, 5.41) is 4.91. The summed E-state index contributed by atoms with van der Waals surface area (Å²) < 4.78 is 10.9. The Hall–Kier alpha value is -3.01. The second-order valence-electron chi connectivity index (χ2n) is 5.15. The molecule has 4 heteroatoms. The van der Waals surface area contributed by atoms with Gasteiger partial charge >= 0.3 is 0 Å². The van der Waals surface area contributed by atoms with E-state index >= 15 is 0 Å². The van der Waals surface area contributed by atoms with Crippen LogP contribution >= 0.6 is 0 Å². The quantitative estimate of drug-likeness (QED) is 0.580. The van der Waals surface area contributed by atoms with Gasteiger partial charge in [0.2, 0.25) is 0 Å². The molecule has 4 rings (SSSR count). The average Bonchev–Trinajstić information content (AvgIpc) is 3.10. The van der Waals surface area contributed by atoms with Crippen LogP contribution in [0.15, 0.2) is 63.6 Å². The van der Waals surface area contributed by atoms with Gasteiger partial charge in [0.25, 0.3) is 5.91 Å². The molecule has 4 aromatic rings. The SMILES string of the molecule is Cc1occc1C(=O)Nc1ccc2oc3ccccc3c2c1. The van der Waals surface area contributed by atoms with Gasteiger partial charge < -0.3 is 14.2 Å². The first-order valence-corrected chi connectivity index (χ1v) is 6.99. The molecule has 108 valence electrons. The van der Waals surface area contributed by atoms with Gasteiger partial charge in [-0.05, 0) is 37.3 Å². The first kappa shape index (κ1) is 12.7. The van der Waals surface area contributed by atoms with E-state index < -0.39 is 0 Å². The lowest BCUT2D eigenvalue weighted by molar-refractivity contribution is 0.102. The van der Waals surface area contributed by atoms with Gasteiger partial charge in [0, 0.05) is 16.5 Å². The summed E-state index contributed by atoms with van der Waals surface area (Å²) in [4.78, 5) is 12.2. The van der Waals surface area contributed by atoms with Gasteiger partial charge in [0.15, 0.2) is 0 Å². The van der Waals surface area contributed by atoms with Crippen LogP contribution in [-0.2, 0) is 0 Å². The van der Waals surface area contributed by atoms with Crippen molar-refractivity contribution in [3.05, 3.63) is 66.1 Å². The van der Waals surface area contributed by atoms with Crippen LogP contribution in [0, 0.1) is 6.92 Å². The number of carbonyl (C=O) groups excluding carboxylic acids is 1. The van der Waals surface area contributed by atoms with Gasteiger partial charge in [-0.15, -0.1) is 0 Å². The van der Waals surface area contributed by atoms with Gasteiger partial charge in [-0.3, -0.25) is 4.79 Å². The number of rotatable bonds is 2. The number of amides is 1. The molecule has 1 amide bonds. The molecule has 2 aromatic heterocycles. The molecule has 0 fully saturated rings. The van der Waals surface area contributed by atoms with Crippen molar-refractivity contribution in [2.45, 2.75) is 6.92 Å². The fourth-order valence-corrected chi connectivity index (χ4v) is 2.62. The van der Waals surface area contributed by atoms with E-state index in [9.17, 15) is 4.79 Å². The molecule has 2 aromatic carbocycles. The Labute approximate surface area is 126 Å². The molecule has 0 aliphatic rings. The highest BCUT2D eigenvalue weighted by Crippen LogP contribution is 2.30. The lowest BCUT2D eigenvalue weighted by Crippen LogP contribution is -2.11. The third-order valence-electron chi connectivity index (χ3n) is 3.74. The van der Waals surface area contributed by atoms with E-state index in [0.717, 1.165) is 27.6 Å². The van der Waals surface area contributed by atoms with E-state index in [1.165, 1.54) is 6.26 Å². The van der Waals surface area contributed by atoms with Crippen LogP contribution in [0.3, 0.4) is 0 Å². The number of benzene rings is 2. The average molecular weight is 291 g/mol. The van der Waals surface area contributed by atoms with Crippen molar-refractivity contribution >= 4 is 33.5 Å². The highest BCUT2D eigenvalue weighted by molar-refractivity contribution is 6.09. The molecular formula is C18H13NO3. The van der Waals surface area contributed by atoms with E-state index in [1.54, 1.807) is 13.0 Å². The van der Waals surface area contributed by atoms with E-state index in [4.69, 9.17) is 8.83 Å². The van der Waals surface area contributed by atoms with Gasteiger partial charge in [-0.25, -0.2) is 0 Å². The van der Waals surface area contributed by atoms with Crippen molar-refractivity contribution < 1.29 is 13.6 Å². The molecule has 4 nitrogen and oxygen atoms in total. The summed E-state index contributed by atoms with van der Waals surface area (Å²) in [5.41, 5.74) is 2.91. The highest BCUT2D eigenvalue weighted by Gasteiger charge is 2.13. The number of hydrogen-bond acceptors (Lipinski definition) is 3. The monoisotopic (exact) mass is 291 g/mol. The lowest BCUT2D eigenvalue weighted by Gasteiger charge is -2.04. The second kappa shape index (κ2) is 4.77. The van der Waals surface area contributed by atoms with Gasteiger partial charge in [-0.2, -0.15) is 0 Å². The zero-order valence-electron chi connectivity index (χ0n) is 11.9. The molecule has 0 unspecified atom stereocenters. The van der Waals surface area contributed by atoms with Crippen molar-refractivity contribution in [1.29, 1.82) is 0 Å². The Morgan fingerprint density at radius 1 is 1.00 bits per heavy atom. The normalized spacial score (nSPS) is 11.1. The Bertz CT molecular complexity index is 994. The Balaban J connectivity index is 1.75. The predicted molar refractivity (Wildman–Crippen MR) is 85.1 cm³/mol. The minimum Gasteiger partial charge on any atom is -0.469 e. The first-order valence-electron chi connectivity index (χ1n) is 6.99. The molecule has 0 aliphatic heterocycles. The summed E-state index contributed by atoms with van der Waals surface area (Å²) in [7, 11) is 0. The molecule has 1 N–H and O–H groups in total. The Morgan fingerprint density at radius 3 is 2.64 bits per heavy atom. The number of carbonyl (C=O) groups is 1. The summed E-state index contributed by atoms with van der Waals surface area (Å²) in [5.74, 6) is 0.422. The molecular weight excluding hydrogens is 278 g/mol. The third kappa shape index (κ3) is 1.97. The second-order valence-corrected chi connectivity index (χ2v) is 5.15. The Kier molecular flexibility index (Phi) is 2.76. The molecule has 0 radical (unpaired) electrons. The molecule has 0 bridgehead atoms. The molecule has 0 spiro atoms. The Morgan fingerprint density at radius 2 is 1.82 bits per heavy atom. The standard InChI is InChI=1S/C18H13NO3/c1-11-13(8-9-21-11)18(20)19-12-6-7-17-15(10-12)14-4-2-3-5-16(14)22-17/h2-10H,1H3,(H,19,20). The van der Waals surface area contributed by atoms with Crippen molar-refractivity contribution in [2.75, 3.05) is 5.32 Å². The maximum absolute atomic E-state index is 12.2. The molecule has 0 aliphatic carbocycles. The van der Waals surface area contributed by atoms with Crippen LogP contribution in [0.1, 0.15) is 16.1 Å². The molecule has 0 saturated heterocycles.